The maximum Gasteiger partial charge on any atom is 0.335 e. The molecule has 11 nitrogen and oxygen atoms in total. The number of hydrogen-bond acceptors (Lipinski definition) is 8. The van der Waals surface area contributed by atoms with Crippen LogP contribution in [-0.2, 0) is 16.3 Å². The van der Waals surface area contributed by atoms with Crippen molar-refractivity contribution in [3.8, 4) is 5.69 Å². The summed E-state index contributed by atoms with van der Waals surface area (Å²) >= 11 is -0.750. The fraction of sp³-hybridized carbons (Fsp3) is 0.310. The van der Waals surface area contributed by atoms with E-state index in [2.05, 4.69) is 27.2 Å². The van der Waals surface area contributed by atoms with Crippen LogP contribution in [0.4, 0.5) is 11.4 Å². The molecule has 1 aromatic heterocycles. The van der Waals surface area contributed by atoms with E-state index in [1.807, 2.05) is 72.2 Å². The monoisotopic (exact) mass is 747 g/mol. The quantitative estimate of drug-likeness (QED) is 0.169. The number of piperidine rings is 1. The summed E-state index contributed by atoms with van der Waals surface area (Å²) in [4.78, 5) is 48.4. The summed E-state index contributed by atoms with van der Waals surface area (Å²) in [7, 11) is 1.79. The van der Waals surface area contributed by atoms with Gasteiger partial charge in [-0.15, -0.1) is 0 Å². The highest BCUT2D eigenvalue weighted by Crippen LogP contribution is 2.32. The maximum atomic E-state index is 14.8. The summed E-state index contributed by atoms with van der Waals surface area (Å²) in [5.41, 5.74) is 6.02. The van der Waals surface area contributed by atoms with Crippen molar-refractivity contribution in [3.63, 3.8) is 0 Å². The van der Waals surface area contributed by atoms with Crippen LogP contribution in [0.25, 0.3) is 16.6 Å². The molecule has 2 fully saturated rings. The standard InChI is InChI=1S/C42H45N5O4.O2S/c1-30-14-15-31-28-39(47(38(31)26-30)34-12-5-3-6-13-34)40(48)36-29-35(46-18-7-4-8-19-46)16-17-37(36)43-41(49)32-10-9-11-33(27-32)42(50)44(2)20-21-45-22-24-51-25-23-45;1-3-2/h3,5-6,9-17,26-29H,4,7-8,18-25H2,1-2H3,(H,43,49);. The van der Waals surface area contributed by atoms with Crippen LogP contribution in [0.3, 0.4) is 0 Å². The molecule has 0 aliphatic carbocycles. The molecule has 280 valence electrons. The first-order valence-electron chi connectivity index (χ1n) is 18.3. The average molecular weight is 748 g/mol. The second-order valence-electron chi connectivity index (χ2n) is 13.7. The van der Waals surface area contributed by atoms with Gasteiger partial charge in [0.05, 0.1) is 30.1 Å². The molecule has 2 amide bonds. The summed E-state index contributed by atoms with van der Waals surface area (Å²) in [6.07, 6.45) is 3.39. The Kier molecular flexibility index (Phi) is 12.8. The van der Waals surface area contributed by atoms with Gasteiger partial charge in [0.1, 0.15) is 0 Å². The molecule has 0 saturated carbocycles. The molecule has 4 aromatic carbocycles. The van der Waals surface area contributed by atoms with Gasteiger partial charge in [-0.25, -0.2) is 0 Å². The fourth-order valence-electron chi connectivity index (χ4n) is 7.08. The van der Waals surface area contributed by atoms with Crippen LogP contribution in [0, 0.1) is 6.92 Å². The van der Waals surface area contributed by atoms with Crippen molar-refractivity contribution in [1.29, 1.82) is 0 Å². The van der Waals surface area contributed by atoms with Crippen molar-refractivity contribution < 1.29 is 27.5 Å². The topological polar surface area (TPSA) is 121 Å². The molecule has 0 atom stereocenters. The number of aromatic nitrogens is 1. The largest absolute Gasteiger partial charge is 0.379 e. The summed E-state index contributed by atoms with van der Waals surface area (Å²) in [6, 6.07) is 30.5. The van der Waals surface area contributed by atoms with Crippen molar-refractivity contribution in [2.45, 2.75) is 26.2 Å². The molecule has 54 heavy (non-hydrogen) atoms. The number of morpholine rings is 1. The van der Waals surface area contributed by atoms with Crippen LogP contribution in [-0.4, -0.2) is 99.9 Å². The van der Waals surface area contributed by atoms with Crippen molar-refractivity contribution >= 4 is 51.4 Å². The number of rotatable bonds is 10. The number of para-hydroxylation sites is 1. The smallest absolute Gasteiger partial charge is 0.335 e. The second-order valence-corrected chi connectivity index (χ2v) is 13.8. The molecular weight excluding hydrogens is 703 g/mol. The Morgan fingerprint density at radius 3 is 2.24 bits per heavy atom. The number of nitrogens with zero attached hydrogens (tertiary/aromatic N) is 4. The molecule has 1 N–H and O–H groups in total. The number of likely N-dealkylation sites (N-methyl/N-ethyl adjacent to an activating group) is 1. The zero-order valence-electron chi connectivity index (χ0n) is 30.7. The van der Waals surface area contributed by atoms with Crippen LogP contribution in [0.1, 0.15) is 61.6 Å². The van der Waals surface area contributed by atoms with Gasteiger partial charge in [0.25, 0.3) is 11.8 Å². The van der Waals surface area contributed by atoms with E-state index in [4.69, 9.17) is 13.2 Å². The summed E-state index contributed by atoms with van der Waals surface area (Å²) in [5, 5.41) is 4.00. The minimum absolute atomic E-state index is 0.149. The molecule has 0 bridgehead atoms. The van der Waals surface area contributed by atoms with Gasteiger partial charge in [-0.05, 0) is 92.4 Å². The van der Waals surface area contributed by atoms with Crippen molar-refractivity contribution in [1.82, 2.24) is 14.4 Å². The Labute approximate surface area is 319 Å². The lowest BCUT2D eigenvalue weighted by Gasteiger charge is -2.29. The molecular formula is C42H45N5O6S. The van der Waals surface area contributed by atoms with Crippen molar-refractivity contribution in [2.24, 2.45) is 0 Å². The van der Waals surface area contributed by atoms with Crippen LogP contribution < -0.4 is 10.2 Å². The Bertz CT molecular complexity index is 2150. The first-order valence-corrected chi connectivity index (χ1v) is 18.9. The van der Waals surface area contributed by atoms with Gasteiger partial charge in [0.2, 0.25) is 5.78 Å². The predicted molar refractivity (Wildman–Crippen MR) is 211 cm³/mol. The number of anilines is 2. The van der Waals surface area contributed by atoms with Crippen molar-refractivity contribution in [3.05, 3.63) is 125 Å². The lowest BCUT2D eigenvalue weighted by molar-refractivity contribution is 0.0338. The average Bonchev–Trinajstić information content (AvgIpc) is 3.59. The number of benzene rings is 4. The van der Waals surface area contributed by atoms with E-state index in [1.54, 1.807) is 36.2 Å². The number of carbonyl (C=O) groups is 3. The third-order valence-corrected chi connectivity index (χ3v) is 10.00. The molecule has 0 unspecified atom stereocenters. The van der Waals surface area contributed by atoms with Gasteiger partial charge in [-0.3, -0.25) is 19.3 Å². The van der Waals surface area contributed by atoms with Crippen LogP contribution >= 0.6 is 0 Å². The highest BCUT2D eigenvalue weighted by atomic mass is 32.1. The SMILES string of the molecule is Cc1ccc2cc(C(=O)c3cc(N4CCCCC4)ccc3NC(=O)c3cccc(C(=O)N(C)CCN4CCOCC4)c3)n(-c3ccccc3)c2c1.O=S=O. The third-order valence-electron chi connectivity index (χ3n) is 10.00. The molecule has 0 spiro atoms. The number of ketones is 1. The summed E-state index contributed by atoms with van der Waals surface area (Å²) in [5.74, 6) is -0.726. The summed E-state index contributed by atoms with van der Waals surface area (Å²) in [6.45, 7) is 8.35. The van der Waals surface area contributed by atoms with Gasteiger partial charge in [0, 0.05) is 79.8 Å². The van der Waals surface area contributed by atoms with E-state index >= 15 is 0 Å². The lowest BCUT2D eigenvalue weighted by Crippen LogP contribution is -2.41. The number of amides is 2. The van der Waals surface area contributed by atoms with Gasteiger partial charge >= 0.3 is 11.6 Å². The minimum atomic E-state index is -0.750. The van der Waals surface area contributed by atoms with E-state index in [-0.39, 0.29) is 17.6 Å². The number of hydrogen-bond donors (Lipinski definition) is 1. The summed E-state index contributed by atoms with van der Waals surface area (Å²) < 4.78 is 24.0. The van der Waals surface area contributed by atoms with Crippen LogP contribution in [0.5, 0.6) is 0 Å². The highest BCUT2D eigenvalue weighted by molar-refractivity contribution is 7.51. The Balaban J connectivity index is 0.00000160. The van der Waals surface area contributed by atoms with E-state index in [0.29, 0.717) is 47.8 Å². The predicted octanol–water partition coefficient (Wildman–Crippen LogP) is 6.15. The number of fused-ring (bicyclic) bond motifs is 1. The number of carbonyl (C=O) groups excluding carboxylic acids is 3. The third kappa shape index (κ3) is 9.02. The Morgan fingerprint density at radius 1 is 0.778 bits per heavy atom. The maximum absolute atomic E-state index is 14.8. The van der Waals surface area contributed by atoms with Gasteiger partial charge in [-0.1, -0.05) is 36.4 Å². The zero-order chi connectivity index (χ0) is 38.0. The van der Waals surface area contributed by atoms with Gasteiger partial charge in [0.15, 0.2) is 0 Å². The highest BCUT2D eigenvalue weighted by Gasteiger charge is 2.25. The fourth-order valence-corrected chi connectivity index (χ4v) is 7.08. The van der Waals surface area contributed by atoms with E-state index in [9.17, 15) is 14.4 Å². The molecule has 3 heterocycles. The van der Waals surface area contributed by atoms with Gasteiger partial charge < -0.3 is 24.4 Å². The van der Waals surface area contributed by atoms with Crippen LogP contribution in [0.15, 0.2) is 97.1 Å². The normalized spacial score (nSPS) is 14.5. The molecule has 0 radical (unpaired) electrons. The molecule has 2 saturated heterocycles. The zero-order valence-corrected chi connectivity index (χ0v) is 31.5. The van der Waals surface area contributed by atoms with E-state index in [1.165, 1.54) is 6.42 Å². The first kappa shape index (κ1) is 38.3. The molecule has 5 aromatic rings. The molecule has 7 rings (SSSR count). The van der Waals surface area contributed by atoms with E-state index < -0.39 is 11.6 Å². The second kappa shape index (κ2) is 18.1. The Hall–Kier alpha value is -5.43. The minimum Gasteiger partial charge on any atom is -0.379 e. The van der Waals surface area contributed by atoms with Gasteiger partial charge in [-0.2, -0.15) is 8.42 Å². The number of ether oxygens (including phenoxy) is 1. The van der Waals surface area contributed by atoms with E-state index in [0.717, 1.165) is 73.4 Å². The Morgan fingerprint density at radius 2 is 1.50 bits per heavy atom. The number of aryl methyl sites for hydroxylation is 1. The van der Waals surface area contributed by atoms with Crippen molar-refractivity contribution in [2.75, 3.05) is 69.7 Å². The molecule has 2 aliphatic heterocycles. The lowest BCUT2D eigenvalue weighted by atomic mass is 10.0. The number of nitrogens with one attached hydrogen (secondary N) is 1. The first-order chi connectivity index (χ1) is 26.3. The van der Waals surface area contributed by atoms with Crippen LogP contribution in [0.2, 0.25) is 0 Å². The molecule has 2 aliphatic rings. The molecule has 12 heteroatoms.